The monoisotopic (exact) mass is 734 g/mol. The van der Waals surface area contributed by atoms with Gasteiger partial charge in [0.1, 0.15) is 17.9 Å². The summed E-state index contributed by atoms with van der Waals surface area (Å²) >= 11 is 0. The molecule has 5 aliphatic heterocycles. The quantitative estimate of drug-likeness (QED) is 0.389. The highest BCUT2D eigenvalue weighted by molar-refractivity contribution is 7.86. The lowest BCUT2D eigenvalue weighted by molar-refractivity contribution is 0.0110. The second-order valence-corrected chi connectivity index (χ2v) is 17.7. The molecular formula is C35H52ClFN8O4S. The number of hydrogen-bond acceptors (Lipinski definition) is 9. The molecule has 276 valence electrons. The predicted octanol–water partition coefficient (Wildman–Crippen LogP) is 3.85. The molecule has 0 bridgehead atoms. The van der Waals surface area contributed by atoms with Crippen LogP contribution in [0.1, 0.15) is 63.7 Å². The summed E-state index contributed by atoms with van der Waals surface area (Å²) in [6, 6.07) is 3.92. The molecule has 7 rings (SSSR count). The van der Waals surface area contributed by atoms with Crippen molar-refractivity contribution in [1.82, 2.24) is 33.7 Å². The molecule has 1 aromatic carbocycles. The molecule has 5 saturated heterocycles. The molecule has 2 aromatic rings. The van der Waals surface area contributed by atoms with Gasteiger partial charge in [0.2, 0.25) is 0 Å². The van der Waals surface area contributed by atoms with Gasteiger partial charge in [-0.25, -0.2) is 14.4 Å². The number of anilines is 1. The fourth-order valence-corrected chi connectivity index (χ4v) is 10.4. The Hall–Kier alpha value is -2.62. The van der Waals surface area contributed by atoms with E-state index in [-0.39, 0.29) is 52.5 Å². The maximum absolute atomic E-state index is 14.4. The molecule has 5 aliphatic rings. The summed E-state index contributed by atoms with van der Waals surface area (Å²) in [7, 11) is -3.34. The topological polar surface area (TPSA) is 114 Å². The van der Waals surface area contributed by atoms with E-state index in [2.05, 4.69) is 25.1 Å². The Morgan fingerprint density at radius 3 is 2.24 bits per heavy atom. The van der Waals surface area contributed by atoms with Gasteiger partial charge >= 0.3 is 0 Å². The van der Waals surface area contributed by atoms with Crippen LogP contribution in [0, 0.1) is 22.6 Å². The first-order valence-electron chi connectivity index (χ1n) is 17.9. The number of carbonyl (C=O) groups is 1. The van der Waals surface area contributed by atoms with E-state index >= 15 is 0 Å². The third kappa shape index (κ3) is 7.20. The van der Waals surface area contributed by atoms with Crippen molar-refractivity contribution < 1.29 is 22.3 Å². The number of benzene rings is 1. The minimum atomic E-state index is -3.34. The highest BCUT2D eigenvalue weighted by Crippen LogP contribution is 2.45. The summed E-state index contributed by atoms with van der Waals surface area (Å²) in [5.74, 6) is 1.14. The number of aromatic nitrogens is 2. The zero-order chi connectivity index (χ0) is 34.6. The molecule has 0 saturated carbocycles. The third-order valence-electron chi connectivity index (χ3n) is 11.4. The normalized spacial score (nSPS) is 22.6. The zero-order valence-corrected chi connectivity index (χ0v) is 31.3. The molecule has 12 nitrogen and oxygen atoms in total. The van der Waals surface area contributed by atoms with Crippen LogP contribution in [0.25, 0.3) is 0 Å². The summed E-state index contributed by atoms with van der Waals surface area (Å²) in [4.78, 5) is 28.8. The number of hydrogen-bond donors (Lipinski definition) is 1. The van der Waals surface area contributed by atoms with E-state index in [1.165, 1.54) is 24.5 Å². The van der Waals surface area contributed by atoms with Crippen molar-refractivity contribution in [3.63, 3.8) is 0 Å². The van der Waals surface area contributed by atoms with Crippen molar-refractivity contribution >= 4 is 34.3 Å². The van der Waals surface area contributed by atoms with Crippen LogP contribution in [0.3, 0.4) is 0 Å². The minimum Gasteiger partial charge on any atom is -0.451 e. The maximum Gasteiger partial charge on any atom is 0.282 e. The molecule has 15 heteroatoms. The lowest BCUT2D eigenvalue weighted by atomic mass is 9.72. The fourth-order valence-electron chi connectivity index (χ4n) is 8.56. The van der Waals surface area contributed by atoms with Crippen LogP contribution in [0.2, 0.25) is 0 Å². The number of nitrogens with zero attached hydrogens (tertiary/aromatic N) is 7. The highest BCUT2D eigenvalue weighted by atomic mass is 35.5. The van der Waals surface area contributed by atoms with Crippen molar-refractivity contribution in [3.05, 3.63) is 42.1 Å². The molecule has 0 unspecified atom stereocenters. The Kier molecular flexibility index (Phi) is 10.7. The number of rotatable bonds is 10. The van der Waals surface area contributed by atoms with Gasteiger partial charge in [0.25, 0.3) is 16.1 Å². The van der Waals surface area contributed by atoms with E-state index in [1.54, 1.807) is 19.7 Å². The standard InChI is InChI=1S/C35H51FN8O4S.ClH/c1-25(2)44(26(3)4)33(45)29-15-28(36)5-6-30(29)48-31-16-37-24-39-32(31)41-20-34(21-41)9-13-40(14-10-34)17-27-7-11-42(12-8-27)49(46,47)43-22-35(23-43)18-38-19-35;/h5-6,15-16,24-27,38H,7-14,17-23H2,1-4H3;1H. The Bertz CT molecular complexity index is 1620. The summed E-state index contributed by atoms with van der Waals surface area (Å²) in [6.45, 7) is 17.0. The molecular weight excluding hydrogens is 683 g/mol. The Morgan fingerprint density at radius 2 is 1.64 bits per heavy atom. The molecule has 5 fully saturated rings. The van der Waals surface area contributed by atoms with Crippen molar-refractivity contribution in [3.8, 4) is 11.5 Å². The molecule has 1 amide bonds. The molecule has 0 radical (unpaired) electrons. The first-order chi connectivity index (χ1) is 23.4. The lowest BCUT2D eigenvalue weighted by Crippen LogP contribution is -2.73. The van der Waals surface area contributed by atoms with E-state index in [9.17, 15) is 17.6 Å². The van der Waals surface area contributed by atoms with Crippen molar-refractivity contribution in [1.29, 1.82) is 0 Å². The van der Waals surface area contributed by atoms with Gasteiger partial charge in [-0.3, -0.25) is 4.79 Å². The van der Waals surface area contributed by atoms with Gasteiger partial charge in [0.15, 0.2) is 11.6 Å². The first-order valence-corrected chi connectivity index (χ1v) is 19.3. The van der Waals surface area contributed by atoms with Crippen LogP contribution in [-0.4, -0.2) is 127 Å². The summed E-state index contributed by atoms with van der Waals surface area (Å²) in [6.07, 6.45) is 7.15. The predicted molar refractivity (Wildman–Crippen MR) is 193 cm³/mol. The third-order valence-corrected chi connectivity index (χ3v) is 13.4. The molecule has 1 aromatic heterocycles. The Morgan fingerprint density at radius 1 is 0.980 bits per heavy atom. The number of carbonyl (C=O) groups excluding carboxylic acids is 1. The average Bonchev–Trinajstić information content (AvgIpc) is 3.00. The van der Waals surface area contributed by atoms with E-state index < -0.39 is 16.0 Å². The molecule has 50 heavy (non-hydrogen) atoms. The van der Waals surface area contributed by atoms with Gasteiger partial charge in [-0.2, -0.15) is 17.0 Å². The van der Waals surface area contributed by atoms with Crippen molar-refractivity contribution in [2.45, 2.75) is 65.5 Å². The zero-order valence-electron chi connectivity index (χ0n) is 29.7. The van der Waals surface area contributed by atoms with E-state index in [4.69, 9.17) is 4.74 Å². The number of likely N-dealkylation sites (tertiary alicyclic amines) is 1. The highest BCUT2D eigenvalue weighted by Gasteiger charge is 2.53. The number of ether oxygens (including phenoxy) is 1. The number of nitrogens with one attached hydrogen (secondary N) is 1. The maximum atomic E-state index is 14.4. The van der Waals surface area contributed by atoms with E-state index in [0.29, 0.717) is 43.7 Å². The summed E-state index contributed by atoms with van der Waals surface area (Å²) in [5.41, 5.74) is 0.581. The van der Waals surface area contributed by atoms with Crippen LogP contribution in [0.15, 0.2) is 30.7 Å². The van der Waals surface area contributed by atoms with Crippen LogP contribution in [-0.2, 0) is 10.2 Å². The second kappa shape index (κ2) is 14.4. The van der Waals surface area contributed by atoms with Gasteiger partial charge in [-0.1, -0.05) is 0 Å². The number of halogens is 2. The Labute approximate surface area is 302 Å². The SMILES string of the molecule is CC(C)N(C(=O)c1cc(F)ccc1Oc1cncnc1N1CC2(CCN(CC3CCN(S(=O)(=O)N4CC5(CNC5)C4)CC3)CC2)C1)C(C)C.Cl. The smallest absolute Gasteiger partial charge is 0.282 e. The van der Waals surface area contributed by atoms with E-state index in [1.807, 2.05) is 27.7 Å². The van der Waals surface area contributed by atoms with Crippen LogP contribution < -0.4 is 15.0 Å². The van der Waals surface area contributed by atoms with Crippen molar-refractivity contribution in [2.24, 2.45) is 16.7 Å². The summed E-state index contributed by atoms with van der Waals surface area (Å²) in [5, 5.41) is 3.27. The van der Waals surface area contributed by atoms with E-state index in [0.717, 1.165) is 71.5 Å². The lowest BCUT2D eigenvalue weighted by Gasteiger charge is -2.56. The molecule has 2 spiro atoms. The van der Waals surface area contributed by atoms with Gasteiger partial charge in [-0.15, -0.1) is 12.4 Å². The Balaban J connectivity index is 0.00000432. The van der Waals surface area contributed by atoms with Crippen LogP contribution in [0.5, 0.6) is 11.5 Å². The molecule has 6 heterocycles. The van der Waals surface area contributed by atoms with Crippen LogP contribution >= 0.6 is 12.4 Å². The average molecular weight is 735 g/mol. The number of piperidine rings is 2. The minimum absolute atomic E-state index is 0. The van der Waals surface area contributed by atoms with Gasteiger partial charge in [0, 0.05) is 81.8 Å². The first kappa shape index (κ1) is 37.1. The van der Waals surface area contributed by atoms with Gasteiger partial charge in [-0.05, 0) is 90.6 Å². The molecule has 0 aliphatic carbocycles. The largest absolute Gasteiger partial charge is 0.451 e. The van der Waals surface area contributed by atoms with Crippen LogP contribution in [0.4, 0.5) is 10.2 Å². The molecule has 1 N–H and O–H groups in total. The molecule has 0 atom stereocenters. The van der Waals surface area contributed by atoms with Gasteiger partial charge in [0.05, 0.1) is 11.8 Å². The summed E-state index contributed by atoms with van der Waals surface area (Å²) < 4.78 is 50.3. The van der Waals surface area contributed by atoms with Crippen molar-refractivity contribution in [2.75, 3.05) is 76.9 Å². The number of amides is 1. The fraction of sp³-hybridized carbons (Fsp3) is 0.686. The second-order valence-electron chi connectivity index (χ2n) is 15.7. The van der Waals surface area contributed by atoms with Gasteiger partial charge < -0.3 is 24.8 Å².